The molecule has 1 aliphatic rings. The number of nitrogens with one attached hydrogen (secondary N) is 2. The van der Waals surface area contributed by atoms with Crippen molar-refractivity contribution in [1.82, 2.24) is 19.9 Å². The third-order valence-electron chi connectivity index (χ3n) is 4.18. The van der Waals surface area contributed by atoms with Crippen LogP contribution in [0.25, 0.3) is 0 Å². The average Bonchev–Trinajstić information content (AvgIpc) is 3.02. The van der Waals surface area contributed by atoms with E-state index in [1.165, 1.54) is 0 Å². The molecule has 0 amide bonds. The maximum absolute atomic E-state index is 12.6. The molecule has 1 aromatic heterocycles. The van der Waals surface area contributed by atoms with E-state index in [0.29, 0.717) is 16.8 Å². The molecule has 0 unspecified atom stereocenters. The van der Waals surface area contributed by atoms with Crippen molar-refractivity contribution in [2.75, 3.05) is 26.7 Å². The number of aliphatic imine (C=N–C) groups is 1. The highest BCUT2D eigenvalue weighted by Crippen LogP contribution is 2.28. The van der Waals surface area contributed by atoms with Crippen LogP contribution < -0.4 is 10.6 Å². The summed E-state index contributed by atoms with van der Waals surface area (Å²) in [5.74, 6) is 0.558. The van der Waals surface area contributed by atoms with Gasteiger partial charge in [0.2, 0.25) is 0 Å². The second kappa shape index (κ2) is 9.20. The largest absolute Gasteiger partial charge is 0.511 e. The van der Waals surface area contributed by atoms with Gasteiger partial charge >= 0.3 is 15.5 Å². The van der Waals surface area contributed by atoms with Gasteiger partial charge in [-0.2, -0.15) is 17.5 Å². The molecule has 27 heavy (non-hydrogen) atoms. The van der Waals surface area contributed by atoms with Crippen molar-refractivity contribution < 1.29 is 21.6 Å². The predicted molar refractivity (Wildman–Crippen MR) is 99.2 cm³/mol. The third kappa shape index (κ3) is 6.04. The molecule has 0 atom stereocenters. The Bertz CT molecular complexity index is 741. The molecule has 0 aromatic carbocycles. The normalized spacial score (nSPS) is 17.9. The molecular formula is C15H24F3N5O2S2. The lowest BCUT2D eigenvalue weighted by Crippen LogP contribution is -2.51. The number of guanidine groups is 1. The highest BCUT2D eigenvalue weighted by atomic mass is 32.2. The van der Waals surface area contributed by atoms with Gasteiger partial charge in [0.15, 0.2) is 5.96 Å². The van der Waals surface area contributed by atoms with Crippen molar-refractivity contribution in [2.45, 2.75) is 44.2 Å². The van der Waals surface area contributed by atoms with Crippen LogP contribution in [-0.2, 0) is 16.4 Å². The Labute approximate surface area is 161 Å². The van der Waals surface area contributed by atoms with E-state index in [9.17, 15) is 21.6 Å². The van der Waals surface area contributed by atoms with Gasteiger partial charge in [-0.15, -0.1) is 11.3 Å². The highest BCUT2D eigenvalue weighted by Gasteiger charge is 2.50. The zero-order chi connectivity index (χ0) is 20.1. The fourth-order valence-electron chi connectivity index (χ4n) is 2.74. The molecule has 12 heteroatoms. The molecule has 0 aliphatic carbocycles. The van der Waals surface area contributed by atoms with Crippen molar-refractivity contribution in [3.8, 4) is 0 Å². The minimum atomic E-state index is -5.25. The third-order valence-corrected chi connectivity index (χ3v) is 6.83. The molecule has 7 nitrogen and oxygen atoms in total. The molecule has 0 radical (unpaired) electrons. The summed E-state index contributed by atoms with van der Waals surface area (Å²) >= 11 is 1.63. The summed E-state index contributed by atoms with van der Waals surface area (Å²) in [6.45, 7) is 2.30. The number of nitrogens with zero attached hydrogens (tertiary/aromatic N) is 3. The molecule has 1 saturated heterocycles. The van der Waals surface area contributed by atoms with Gasteiger partial charge in [0.1, 0.15) is 0 Å². The highest BCUT2D eigenvalue weighted by molar-refractivity contribution is 7.90. The van der Waals surface area contributed by atoms with Gasteiger partial charge in [0, 0.05) is 50.2 Å². The fourth-order valence-corrected chi connectivity index (χ4v) is 4.54. The summed E-state index contributed by atoms with van der Waals surface area (Å²) < 4.78 is 61.1. The monoisotopic (exact) mass is 427 g/mol. The van der Waals surface area contributed by atoms with Crippen LogP contribution in [0.5, 0.6) is 0 Å². The molecule has 0 saturated carbocycles. The molecule has 0 bridgehead atoms. The first-order valence-electron chi connectivity index (χ1n) is 8.58. The smallest absolute Gasteiger partial charge is 0.356 e. The molecule has 2 N–H and O–H groups in total. The minimum absolute atomic E-state index is 0.127. The number of alkyl halides is 3. The van der Waals surface area contributed by atoms with Crippen molar-refractivity contribution in [2.24, 2.45) is 4.99 Å². The zero-order valence-corrected chi connectivity index (χ0v) is 16.8. The Morgan fingerprint density at radius 2 is 2.07 bits per heavy atom. The standard InChI is InChI=1S/C15H24F3N5O2S2/c1-11-10-26-13(21-11)4-3-7-20-14(19-2)22-12-5-8-23(9-6-12)27(24,25)15(16,17)18/h10,12H,3-9H2,1-2H3,(H2,19,20,22). The maximum Gasteiger partial charge on any atom is 0.511 e. The number of aromatic nitrogens is 1. The molecular weight excluding hydrogens is 403 g/mol. The maximum atomic E-state index is 12.6. The Morgan fingerprint density at radius 3 is 2.59 bits per heavy atom. The molecule has 2 rings (SSSR count). The van der Waals surface area contributed by atoms with Gasteiger partial charge in [-0.05, 0) is 26.2 Å². The number of thiazole rings is 1. The topological polar surface area (TPSA) is 86.7 Å². The lowest BCUT2D eigenvalue weighted by atomic mass is 10.1. The number of hydrogen-bond acceptors (Lipinski definition) is 5. The van der Waals surface area contributed by atoms with Gasteiger partial charge in [-0.25, -0.2) is 13.4 Å². The van der Waals surface area contributed by atoms with Crippen LogP contribution in [0.2, 0.25) is 0 Å². The number of hydrogen-bond donors (Lipinski definition) is 2. The number of sulfonamides is 1. The van der Waals surface area contributed by atoms with E-state index in [0.717, 1.165) is 23.5 Å². The second-order valence-corrected chi connectivity index (χ2v) is 9.13. The van der Waals surface area contributed by atoms with Gasteiger partial charge in [-0.1, -0.05) is 0 Å². The van der Waals surface area contributed by atoms with E-state index >= 15 is 0 Å². The van der Waals surface area contributed by atoms with E-state index in [-0.39, 0.29) is 32.0 Å². The molecule has 1 aliphatic heterocycles. The molecule has 154 valence electrons. The van der Waals surface area contributed by atoms with Gasteiger partial charge < -0.3 is 10.6 Å². The van der Waals surface area contributed by atoms with Crippen molar-refractivity contribution in [3.63, 3.8) is 0 Å². The number of rotatable bonds is 6. The van der Waals surface area contributed by atoms with E-state index in [2.05, 4.69) is 20.6 Å². The lowest BCUT2D eigenvalue weighted by Gasteiger charge is -2.32. The predicted octanol–water partition coefficient (Wildman–Crippen LogP) is 1.86. The first-order valence-corrected chi connectivity index (χ1v) is 10.9. The van der Waals surface area contributed by atoms with E-state index in [1.54, 1.807) is 18.4 Å². The summed E-state index contributed by atoms with van der Waals surface area (Å²) in [4.78, 5) is 8.50. The van der Waals surface area contributed by atoms with Crippen molar-refractivity contribution in [3.05, 3.63) is 16.1 Å². The summed E-state index contributed by atoms with van der Waals surface area (Å²) in [6, 6.07) is -0.127. The fraction of sp³-hybridized carbons (Fsp3) is 0.733. The van der Waals surface area contributed by atoms with Crippen LogP contribution in [-0.4, -0.2) is 61.9 Å². The number of halogens is 3. The van der Waals surface area contributed by atoms with Crippen LogP contribution >= 0.6 is 11.3 Å². The van der Waals surface area contributed by atoms with E-state index < -0.39 is 15.5 Å². The SMILES string of the molecule is CN=C(NCCCc1nc(C)cs1)NC1CCN(S(=O)(=O)C(F)(F)F)CC1. The Balaban J connectivity index is 1.73. The van der Waals surface area contributed by atoms with Crippen LogP contribution in [0.1, 0.15) is 30.0 Å². The van der Waals surface area contributed by atoms with Crippen LogP contribution in [0, 0.1) is 6.92 Å². The van der Waals surface area contributed by atoms with E-state index in [1.807, 2.05) is 12.3 Å². The summed E-state index contributed by atoms with van der Waals surface area (Å²) in [7, 11) is -3.63. The second-order valence-electron chi connectivity index (χ2n) is 6.25. The van der Waals surface area contributed by atoms with Crippen molar-refractivity contribution >= 4 is 27.3 Å². The van der Waals surface area contributed by atoms with Gasteiger partial charge in [0.25, 0.3) is 0 Å². The van der Waals surface area contributed by atoms with Gasteiger partial charge in [0.05, 0.1) is 5.01 Å². The van der Waals surface area contributed by atoms with E-state index in [4.69, 9.17) is 0 Å². The molecule has 2 heterocycles. The first-order chi connectivity index (χ1) is 12.6. The molecule has 1 aromatic rings. The van der Waals surface area contributed by atoms with Crippen LogP contribution in [0.4, 0.5) is 13.2 Å². The Kier molecular flexibility index (Phi) is 7.46. The van der Waals surface area contributed by atoms with Crippen molar-refractivity contribution in [1.29, 1.82) is 0 Å². The lowest BCUT2D eigenvalue weighted by molar-refractivity contribution is -0.0494. The molecule has 1 fully saturated rings. The van der Waals surface area contributed by atoms with Crippen LogP contribution in [0.15, 0.2) is 10.4 Å². The first kappa shape index (κ1) is 21.9. The Hall–Kier alpha value is -1.40. The number of piperidine rings is 1. The minimum Gasteiger partial charge on any atom is -0.356 e. The summed E-state index contributed by atoms with van der Waals surface area (Å²) in [5.41, 5.74) is -4.24. The van der Waals surface area contributed by atoms with Crippen LogP contribution in [0.3, 0.4) is 0 Å². The zero-order valence-electron chi connectivity index (χ0n) is 15.2. The quantitative estimate of drug-likeness (QED) is 0.411. The summed E-state index contributed by atoms with van der Waals surface area (Å²) in [5, 5.41) is 9.39. The summed E-state index contributed by atoms with van der Waals surface area (Å²) in [6.07, 6.45) is 2.30. The molecule has 0 spiro atoms. The number of aryl methyl sites for hydroxylation is 2. The van der Waals surface area contributed by atoms with Gasteiger partial charge in [-0.3, -0.25) is 4.99 Å². The average molecular weight is 428 g/mol. The Morgan fingerprint density at radius 1 is 1.41 bits per heavy atom.